The van der Waals surface area contributed by atoms with E-state index in [0.717, 1.165) is 48.1 Å². The highest BCUT2D eigenvalue weighted by Gasteiger charge is 2.22. The lowest BCUT2D eigenvalue weighted by molar-refractivity contribution is 0.387. The summed E-state index contributed by atoms with van der Waals surface area (Å²) in [6, 6.07) is 17.2. The molecule has 1 aliphatic carbocycles. The van der Waals surface area contributed by atoms with Crippen LogP contribution in [-0.2, 0) is 0 Å². The largest absolute Gasteiger partial charge is 0.362 e. The van der Waals surface area contributed by atoms with Crippen LogP contribution in [0.5, 0.6) is 0 Å². The number of aryl methyl sites for hydroxylation is 1. The van der Waals surface area contributed by atoms with Gasteiger partial charge in [0.15, 0.2) is 5.11 Å². The second-order valence-corrected chi connectivity index (χ2v) is 8.85. The summed E-state index contributed by atoms with van der Waals surface area (Å²) in [7, 11) is 4.03. The molecule has 1 aliphatic rings. The van der Waals surface area contributed by atoms with Gasteiger partial charge in [-0.1, -0.05) is 29.8 Å². The molecule has 0 amide bonds. The number of hydrogen-bond donors (Lipinski definition) is 3. The van der Waals surface area contributed by atoms with Gasteiger partial charge in [-0.3, -0.25) is 0 Å². The molecule has 6 nitrogen and oxygen atoms in total. The van der Waals surface area contributed by atoms with E-state index in [9.17, 15) is 0 Å². The minimum Gasteiger partial charge on any atom is -0.362 e. The highest BCUT2D eigenvalue weighted by atomic mass is 32.1. The van der Waals surface area contributed by atoms with Gasteiger partial charge >= 0.3 is 0 Å². The summed E-state index contributed by atoms with van der Waals surface area (Å²) in [6.45, 7) is 2.08. The molecule has 3 N–H and O–H groups in total. The third-order valence-electron chi connectivity index (χ3n) is 5.71. The molecule has 4 rings (SSSR count). The number of hydrogen-bond acceptors (Lipinski definition) is 5. The van der Waals surface area contributed by atoms with Crippen molar-refractivity contribution < 1.29 is 0 Å². The van der Waals surface area contributed by atoms with Crippen molar-refractivity contribution in [2.75, 3.05) is 29.6 Å². The van der Waals surface area contributed by atoms with Crippen molar-refractivity contribution in [3.05, 3.63) is 54.1 Å². The number of nitrogens with one attached hydrogen (secondary N) is 3. The van der Waals surface area contributed by atoms with E-state index in [-0.39, 0.29) is 0 Å². The van der Waals surface area contributed by atoms with Gasteiger partial charge in [-0.25, -0.2) is 4.98 Å². The van der Waals surface area contributed by atoms with Gasteiger partial charge in [0.05, 0.1) is 5.52 Å². The molecule has 1 saturated carbocycles. The quantitative estimate of drug-likeness (QED) is 0.503. The van der Waals surface area contributed by atoms with Gasteiger partial charge in [-0.05, 0) is 69.1 Å². The van der Waals surface area contributed by atoms with Crippen LogP contribution in [0.25, 0.3) is 10.9 Å². The van der Waals surface area contributed by atoms with Gasteiger partial charge in [0.25, 0.3) is 0 Å². The molecule has 0 aliphatic heterocycles. The van der Waals surface area contributed by atoms with E-state index in [2.05, 4.69) is 53.2 Å². The van der Waals surface area contributed by atoms with Crippen LogP contribution >= 0.6 is 12.2 Å². The number of nitrogens with zero attached hydrogens (tertiary/aromatic N) is 3. The topological polar surface area (TPSA) is 65.1 Å². The number of anilines is 3. The lowest BCUT2D eigenvalue weighted by Crippen LogP contribution is -2.42. The second-order valence-electron chi connectivity index (χ2n) is 8.44. The van der Waals surface area contributed by atoms with Gasteiger partial charge in [0.2, 0.25) is 5.95 Å². The Bertz CT molecular complexity index is 1040. The van der Waals surface area contributed by atoms with Crippen LogP contribution < -0.4 is 20.9 Å². The van der Waals surface area contributed by atoms with E-state index >= 15 is 0 Å². The SMILES string of the molecule is Cc1ccc(NC(=S)N[C@H]2CC[C@@H](Nc3nc(N(C)C)c4ccccc4n3)CC2)cc1. The van der Waals surface area contributed by atoms with Gasteiger partial charge in [-0.15, -0.1) is 0 Å². The molecular weight excluding hydrogens is 404 g/mol. The summed E-state index contributed by atoms with van der Waals surface area (Å²) in [6.07, 6.45) is 4.22. The van der Waals surface area contributed by atoms with Crippen molar-refractivity contribution in [3.63, 3.8) is 0 Å². The van der Waals surface area contributed by atoms with Crippen LogP contribution in [-0.4, -0.2) is 41.3 Å². The van der Waals surface area contributed by atoms with E-state index in [4.69, 9.17) is 22.2 Å². The molecule has 162 valence electrons. The maximum absolute atomic E-state index is 5.51. The summed E-state index contributed by atoms with van der Waals surface area (Å²) in [5, 5.41) is 12.1. The second kappa shape index (κ2) is 9.47. The summed E-state index contributed by atoms with van der Waals surface area (Å²) in [5.74, 6) is 1.64. The van der Waals surface area contributed by atoms with Crippen molar-refractivity contribution >= 4 is 45.7 Å². The first kappa shape index (κ1) is 21.3. The lowest BCUT2D eigenvalue weighted by Gasteiger charge is -2.30. The standard InChI is InChI=1S/C24H30N6S/c1-16-8-10-18(11-9-16)26-24(31)27-19-14-12-17(13-15-19)25-23-28-21-7-5-4-6-20(21)22(29-23)30(2)3/h4-11,17,19H,12-15H2,1-3H3,(H,25,28,29)(H2,26,27,31)/t17-,19+. The molecular formula is C24H30N6S. The molecule has 1 fully saturated rings. The molecule has 0 radical (unpaired) electrons. The summed E-state index contributed by atoms with van der Waals surface area (Å²) >= 11 is 5.51. The Labute approximate surface area is 189 Å². The van der Waals surface area contributed by atoms with Gasteiger partial charge in [-0.2, -0.15) is 4.98 Å². The predicted octanol–water partition coefficient (Wildman–Crippen LogP) is 4.71. The maximum Gasteiger partial charge on any atom is 0.225 e. The van der Waals surface area contributed by atoms with Crippen molar-refractivity contribution in [1.82, 2.24) is 15.3 Å². The number of para-hydroxylation sites is 1. The van der Waals surface area contributed by atoms with Crippen LogP contribution in [0.4, 0.5) is 17.5 Å². The fourth-order valence-electron chi connectivity index (χ4n) is 4.02. The van der Waals surface area contributed by atoms with Crippen molar-refractivity contribution in [3.8, 4) is 0 Å². The Balaban J connectivity index is 1.32. The van der Waals surface area contributed by atoms with Crippen LogP contribution in [0.15, 0.2) is 48.5 Å². The Hall–Kier alpha value is -2.93. The first-order valence-corrected chi connectivity index (χ1v) is 11.2. The summed E-state index contributed by atoms with van der Waals surface area (Å²) in [4.78, 5) is 11.5. The predicted molar refractivity (Wildman–Crippen MR) is 134 cm³/mol. The zero-order valence-electron chi connectivity index (χ0n) is 18.4. The smallest absolute Gasteiger partial charge is 0.225 e. The molecule has 2 aromatic carbocycles. The van der Waals surface area contributed by atoms with Crippen LogP contribution in [0, 0.1) is 6.92 Å². The first-order chi connectivity index (χ1) is 15.0. The molecule has 0 unspecified atom stereocenters. The van der Waals surface area contributed by atoms with Crippen molar-refractivity contribution in [2.45, 2.75) is 44.7 Å². The van der Waals surface area contributed by atoms with Gasteiger partial charge < -0.3 is 20.9 Å². The van der Waals surface area contributed by atoms with E-state index in [0.29, 0.717) is 23.1 Å². The Kier molecular flexibility index (Phi) is 6.51. The van der Waals surface area contributed by atoms with Gasteiger partial charge in [0.1, 0.15) is 5.82 Å². The zero-order chi connectivity index (χ0) is 21.8. The Morgan fingerprint density at radius 3 is 2.32 bits per heavy atom. The third-order valence-corrected chi connectivity index (χ3v) is 5.93. The number of fused-ring (bicyclic) bond motifs is 1. The van der Waals surface area contributed by atoms with Crippen LogP contribution in [0.1, 0.15) is 31.2 Å². The summed E-state index contributed by atoms with van der Waals surface area (Å²) < 4.78 is 0. The molecule has 3 aromatic rings. The molecule has 1 aromatic heterocycles. The Morgan fingerprint density at radius 2 is 1.61 bits per heavy atom. The average molecular weight is 435 g/mol. The Morgan fingerprint density at radius 1 is 0.935 bits per heavy atom. The highest BCUT2D eigenvalue weighted by Crippen LogP contribution is 2.26. The monoisotopic (exact) mass is 434 g/mol. The van der Waals surface area contributed by atoms with Crippen LogP contribution in [0.3, 0.4) is 0 Å². The molecule has 0 spiro atoms. The molecule has 0 bridgehead atoms. The number of aromatic nitrogens is 2. The van der Waals surface area contributed by atoms with Crippen molar-refractivity contribution in [2.24, 2.45) is 0 Å². The highest BCUT2D eigenvalue weighted by molar-refractivity contribution is 7.80. The van der Waals surface area contributed by atoms with Crippen LogP contribution in [0.2, 0.25) is 0 Å². The van der Waals surface area contributed by atoms with E-state index < -0.39 is 0 Å². The first-order valence-electron chi connectivity index (χ1n) is 10.8. The molecule has 0 saturated heterocycles. The van der Waals surface area contributed by atoms with Gasteiger partial charge in [0, 0.05) is 37.3 Å². The molecule has 31 heavy (non-hydrogen) atoms. The fourth-order valence-corrected chi connectivity index (χ4v) is 4.30. The molecule has 0 atom stereocenters. The van der Waals surface area contributed by atoms with E-state index in [1.807, 2.05) is 37.2 Å². The third kappa shape index (κ3) is 5.41. The average Bonchev–Trinajstić information content (AvgIpc) is 2.76. The zero-order valence-corrected chi connectivity index (χ0v) is 19.2. The number of rotatable bonds is 5. The molecule has 1 heterocycles. The van der Waals surface area contributed by atoms with E-state index in [1.165, 1.54) is 5.56 Å². The minimum atomic E-state index is 0.368. The van der Waals surface area contributed by atoms with E-state index in [1.54, 1.807) is 0 Å². The number of benzene rings is 2. The lowest BCUT2D eigenvalue weighted by atomic mass is 9.91. The van der Waals surface area contributed by atoms with Crippen molar-refractivity contribution in [1.29, 1.82) is 0 Å². The molecule has 7 heteroatoms. The fraction of sp³-hybridized carbons (Fsp3) is 0.375. The minimum absolute atomic E-state index is 0.368. The maximum atomic E-state index is 5.51. The number of thiocarbonyl (C=S) groups is 1. The summed E-state index contributed by atoms with van der Waals surface area (Å²) in [5.41, 5.74) is 3.22. The normalized spacial score (nSPS) is 18.4.